The van der Waals surface area contributed by atoms with Crippen molar-refractivity contribution in [2.45, 2.75) is 25.5 Å². The fourth-order valence-corrected chi connectivity index (χ4v) is 2.35. The number of benzene rings is 1. The van der Waals surface area contributed by atoms with Gasteiger partial charge in [0.15, 0.2) is 0 Å². The first-order chi connectivity index (χ1) is 9.29. The molecule has 0 aromatic heterocycles. The maximum absolute atomic E-state index is 5.80. The van der Waals surface area contributed by atoms with Gasteiger partial charge in [-0.15, -0.1) is 0 Å². The molecule has 106 valence electrons. The van der Waals surface area contributed by atoms with Crippen LogP contribution in [-0.4, -0.2) is 44.4 Å². The molecule has 0 aliphatic carbocycles. The van der Waals surface area contributed by atoms with Crippen molar-refractivity contribution in [3.05, 3.63) is 29.8 Å². The standard InChI is InChI=1S/C15H24N2O2/c1-17(12-14-6-4-9-18-14)8-10-19-15-7-3-2-5-13(15)11-16/h2-3,5,7,14H,4,6,8-12,16H2,1H3. The highest BCUT2D eigenvalue weighted by molar-refractivity contribution is 5.32. The predicted octanol–water partition coefficient (Wildman–Crippen LogP) is 1.63. The van der Waals surface area contributed by atoms with Gasteiger partial charge in [-0.05, 0) is 26.0 Å². The quantitative estimate of drug-likeness (QED) is 0.813. The first-order valence-electron chi connectivity index (χ1n) is 7.00. The Bertz CT molecular complexity index is 378. The van der Waals surface area contributed by atoms with Crippen molar-refractivity contribution in [2.24, 2.45) is 5.73 Å². The molecule has 2 N–H and O–H groups in total. The van der Waals surface area contributed by atoms with Crippen molar-refractivity contribution < 1.29 is 9.47 Å². The molecule has 1 aromatic rings. The van der Waals surface area contributed by atoms with Gasteiger partial charge in [0.1, 0.15) is 12.4 Å². The Morgan fingerprint density at radius 2 is 2.26 bits per heavy atom. The van der Waals surface area contributed by atoms with Crippen molar-refractivity contribution in [1.29, 1.82) is 0 Å². The van der Waals surface area contributed by atoms with Crippen molar-refractivity contribution in [3.63, 3.8) is 0 Å². The van der Waals surface area contributed by atoms with Crippen LogP contribution in [0.5, 0.6) is 5.75 Å². The van der Waals surface area contributed by atoms with E-state index in [9.17, 15) is 0 Å². The van der Waals surface area contributed by atoms with Crippen LogP contribution in [0.3, 0.4) is 0 Å². The van der Waals surface area contributed by atoms with Gasteiger partial charge in [0.25, 0.3) is 0 Å². The number of para-hydroxylation sites is 1. The van der Waals surface area contributed by atoms with E-state index in [-0.39, 0.29) is 0 Å². The molecule has 0 saturated carbocycles. The lowest BCUT2D eigenvalue weighted by molar-refractivity contribution is 0.0771. The molecule has 0 spiro atoms. The van der Waals surface area contributed by atoms with Gasteiger partial charge in [-0.1, -0.05) is 18.2 Å². The highest BCUT2D eigenvalue weighted by atomic mass is 16.5. The van der Waals surface area contributed by atoms with E-state index in [0.29, 0.717) is 19.3 Å². The Morgan fingerprint density at radius 3 is 3.00 bits per heavy atom. The Balaban J connectivity index is 1.70. The van der Waals surface area contributed by atoms with E-state index in [0.717, 1.165) is 31.0 Å². The van der Waals surface area contributed by atoms with Crippen molar-refractivity contribution in [2.75, 3.05) is 33.4 Å². The Hall–Kier alpha value is -1.10. The zero-order chi connectivity index (χ0) is 13.5. The van der Waals surface area contributed by atoms with E-state index in [4.69, 9.17) is 15.2 Å². The minimum Gasteiger partial charge on any atom is -0.492 e. The van der Waals surface area contributed by atoms with Crippen molar-refractivity contribution in [1.82, 2.24) is 4.90 Å². The van der Waals surface area contributed by atoms with Crippen molar-refractivity contribution in [3.8, 4) is 5.75 Å². The Kier molecular flexibility index (Phi) is 5.63. The summed E-state index contributed by atoms with van der Waals surface area (Å²) in [5.74, 6) is 0.899. The molecule has 0 amide bonds. The number of ether oxygens (including phenoxy) is 2. The van der Waals surface area contributed by atoms with E-state index >= 15 is 0 Å². The van der Waals surface area contributed by atoms with Gasteiger partial charge in [0.2, 0.25) is 0 Å². The van der Waals surface area contributed by atoms with Gasteiger partial charge in [-0.25, -0.2) is 0 Å². The highest BCUT2D eigenvalue weighted by Gasteiger charge is 2.17. The third kappa shape index (κ3) is 4.49. The van der Waals surface area contributed by atoms with Gasteiger partial charge in [0, 0.05) is 31.8 Å². The number of hydrogen-bond acceptors (Lipinski definition) is 4. The molecule has 1 aliphatic heterocycles. The largest absolute Gasteiger partial charge is 0.492 e. The number of likely N-dealkylation sites (N-methyl/N-ethyl adjacent to an activating group) is 1. The van der Waals surface area contributed by atoms with Gasteiger partial charge in [-0.3, -0.25) is 0 Å². The summed E-state index contributed by atoms with van der Waals surface area (Å²) >= 11 is 0. The molecule has 2 rings (SSSR count). The maximum Gasteiger partial charge on any atom is 0.123 e. The third-order valence-electron chi connectivity index (χ3n) is 3.46. The van der Waals surface area contributed by atoms with Crippen LogP contribution in [0.4, 0.5) is 0 Å². The number of nitrogens with zero attached hydrogens (tertiary/aromatic N) is 1. The van der Waals surface area contributed by atoms with Crippen LogP contribution in [0.25, 0.3) is 0 Å². The normalized spacial score (nSPS) is 19.0. The van der Waals surface area contributed by atoms with Crippen LogP contribution >= 0.6 is 0 Å². The molecule has 4 heteroatoms. The first kappa shape index (κ1) is 14.3. The van der Waals surface area contributed by atoms with Crippen molar-refractivity contribution >= 4 is 0 Å². The molecule has 19 heavy (non-hydrogen) atoms. The fourth-order valence-electron chi connectivity index (χ4n) is 2.35. The van der Waals surface area contributed by atoms with Crippen LogP contribution in [0.15, 0.2) is 24.3 Å². The smallest absolute Gasteiger partial charge is 0.123 e. The average molecular weight is 264 g/mol. The molecule has 1 aliphatic rings. The predicted molar refractivity (Wildman–Crippen MR) is 76.3 cm³/mol. The summed E-state index contributed by atoms with van der Waals surface area (Å²) in [7, 11) is 2.11. The van der Waals surface area contributed by atoms with Gasteiger partial charge < -0.3 is 20.1 Å². The second kappa shape index (κ2) is 7.48. The summed E-state index contributed by atoms with van der Waals surface area (Å²) in [4.78, 5) is 2.26. The minimum absolute atomic E-state index is 0.404. The molecule has 1 unspecified atom stereocenters. The summed E-state index contributed by atoms with van der Waals surface area (Å²) in [5, 5.41) is 0. The highest BCUT2D eigenvalue weighted by Crippen LogP contribution is 2.17. The van der Waals surface area contributed by atoms with Gasteiger partial charge in [0.05, 0.1) is 6.10 Å². The second-order valence-electron chi connectivity index (χ2n) is 5.06. The summed E-state index contributed by atoms with van der Waals surface area (Å²) < 4.78 is 11.4. The Labute approximate surface area is 115 Å². The second-order valence-corrected chi connectivity index (χ2v) is 5.06. The molecular formula is C15H24N2O2. The zero-order valence-corrected chi connectivity index (χ0v) is 11.7. The molecule has 1 atom stereocenters. The lowest BCUT2D eigenvalue weighted by Crippen LogP contribution is -2.32. The molecule has 1 aromatic carbocycles. The van der Waals surface area contributed by atoms with Crippen LogP contribution in [0.1, 0.15) is 18.4 Å². The van der Waals surface area contributed by atoms with E-state index < -0.39 is 0 Å². The fraction of sp³-hybridized carbons (Fsp3) is 0.600. The van der Waals surface area contributed by atoms with E-state index in [1.54, 1.807) is 0 Å². The zero-order valence-electron chi connectivity index (χ0n) is 11.7. The lowest BCUT2D eigenvalue weighted by atomic mass is 10.2. The molecular weight excluding hydrogens is 240 g/mol. The monoisotopic (exact) mass is 264 g/mol. The topological polar surface area (TPSA) is 47.7 Å². The number of hydrogen-bond donors (Lipinski definition) is 1. The first-order valence-corrected chi connectivity index (χ1v) is 7.00. The van der Waals surface area contributed by atoms with E-state index in [1.807, 2.05) is 24.3 Å². The van der Waals surface area contributed by atoms with Gasteiger partial charge in [-0.2, -0.15) is 0 Å². The molecule has 1 fully saturated rings. The maximum atomic E-state index is 5.80. The summed E-state index contributed by atoms with van der Waals surface area (Å²) in [6.07, 6.45) is 2.78. The van der Waals surface area contributed by atoms with Crippen LogP contribution in [0.2, 0.25) is 0 Å². The number of nitrogens with two attached hydrogens (primary N) is 1. The van der Waals surface area contributed by atoms with E-state index in [1.165, 1.54) is 12.8 Å². The third-order valence-corrected chi connectivity index (χ3v) is 3.46. The molecule has 0 bridgehead atoms. The van der Waals surface area contributed by atoms with Crippen LogP contribution < -0.4 is 10.5 Å². The van der Waals surface area contributed by atoms with E-state index in [2.05, 4.69) is 11.9 Å². The average Bonchev–Trinajstić information content (AvgIpc) is 2.92. The summed E-state index contributed by atoms with van der Waals surface area (Å²) in [5.41, 5.74) is 6.74. The summed E-state index contributed by atoms with van der Waals surface area (Å²) in [6, 6.07) is 7.94. The Morgan fingerprint density at radius 1 is 1.42 bits per heavy atom. The summed E-state index contributed by atoms with van der Waals surface area (Å²) in [6.45, 7) is 4.00. The molecule has 0 radical (unpaired) electrons. The van der Waals surface area contributed by atoms with Crippen LogP contribution in [0, 0.1) is 0 Å². The SMILES string of the molecule is CN(CCOc1ccccc1CN)CC1CCCO1. The van der Waals surface area contributed by atoms with Gasteiger partial charge >= 0.3 is 0 Å². The number of rotatable bonds is 7. The molecule has 1 heterocycles. The lowest BCUT2D eigenvalue weighted by Gasteiger charge is -2.20. The molecule has 1 saturated heterocycles. The van der Waals surface area contributed by atoms with Crippen LogP contribution in [-0.2, 0) is 11.3 Å². The molecule has 4 nitrogen and oxygen atoms in total. The minimum atomic E-state index is 0.404.